The maximum absolute atomic E-state index is 8.89. The first kappa shape index (κ1) is 18.4. The topological polar surface area (TPSA) is 40.1 Å². The van der Waals surface area contributed by atoms with E-state index in [4.69, 9.17) is 9.90 Å². The van der Waals surface area contributed by atoms with Crippen LogP contribution in [0.5, 0.6) is 0 Å². The molecule has 0 bridgehead atoms. The summed E-state index contributed by atoms with van der Waals surface area (Å²) in [7, 11) is 0. The average molecular weight is 271 g/mol. The van der Waals surface area contributed by atoms with Gasteiger partial charge in [-0.25, -0.2) is 0 Å². The predicted molar refractivity (Wildman–Crippen MR) is 78.7 cm³/mol. The van der Waals surface area contributed by atoms with Crippen LogP contribution in [0, 0.1) is 0 Å². The fraction of sp³-hybridized carbons (Fsp3) is 0.938. The number of hydrogen-bond donors (Lipinski definition) is 0. The summed E-state index contributed by atoms with van der Waals surface area (Å²) in [6, 6.07) is 0. The van der Waals surface area contributed by atoms with Crippen molar-refractivity contribution in [2.45, 2.75) is 72.1 Å². The minimum atomic E-state index is -1.08. The number of unbranched alkanes of at least 4 members (excludes halogenated alkanes) is 4. The van der Waals surface area contributed by atoms with Crippen LogP contribution >= 0.6 is 0 Å². The van der Waals surface area contributed by atoms with Gasteiger partial charge in [-0.15, -0.1) is 0 Å². The van der Waals surface area contributed by atoms with E-state index in [-0.39, 0.29) is 0 Å². The van der Waals surface area contributed by atoms with E-state index < -0.39 is 5.97 Å². The fourth-order valence-electron chi connectivity index (χ4n) is 3.09. The lowest BCUT2D eigenvalue weighted by molar-refractivity contribution is -0.917. The molecule has 0 amide bonds. The molecule has 3 nitrogen and oxygen atoms in total. The first-order chi connectivity index (χ1) is 9.06. The van der Waals surface area contributed by atoms with Crippen molar-refractivity contribution in [3.63, 3.8) is 0 Å². The van der Waals surface area contributed by atoms with Crippen molar-refractivity contribution < 1.29 is 14.4 Å². The molecule has 0 atom stereocenters. The highest BCUT2D eigenvalue weighted by molar-refractivity contribution is 5.60. The van der Waals surface area contributed by atoms with Gasteiger partial charge in [0.15, 0.2) is 0 Å². The van der Waals surface area contributed by atoms with E-state index in [1.54, 1.807) is 0 Å². The number of carboxylic acid groups (broad SMARTS) is 1. The number of rotatable bonds is 8. The molecule has 19 heavy (non-hydrogen) atoms. The molecule has 1 aliphatic heterocycles. The molecule has 114 valence electrons. The predicted octanol–water partition coefficient (Wildman–Crippen LogP) is 2.73. The van der Waals surface area contributed by atoms with Crippen molar-refractivity contribution in [1.82, 2.24) is 0 Å². The van der Waals surface area contributed by atoms with Gasteiger partial charge in [0, 0.05) is 18.8 Å². The Balaban J connectivity index is 0.000000711. The van der Waals surface area contributed by atoms with Gasteiger partial charge in [0.1, 0.15) is 0 Å². The number of carbonyl (C=O) groups is 1. The van der Waals surface area contributed by atoms with Crippen LogP contribution in [0.25, 0.3) is 0 Å². The van der Waals surface area contributed by atoms with Gasteiger partial charge >= 0.3 is 0 Å². The third kappa shape index (κ3) is 9.94. The van der Waals surface area contributed by atoms with E-state index >= 15 is 0 Å². The largest absolute Gasteiger partial charge is 0.550 e. The zero-order valence-electron chi connectivity index (χ0n) is 13.2. The van der Waals surface area contributed by atoms with Gasteiger partial charge < -0.3 is 14.4 Å². The Kier molecular flexibility index (Phi) is 10.9. The molecule has 1 aliphatic rings. The van der Waals surface area contributed by atoms with Crippen molar-refractivity contribution in [2.24, 2.45) is 0 Å². The third-order valence-corrected chi connectivity index (χ3v) is 3.95. The molecule has 0 unspecified atom stereocenters. The number of aliphatic carboxylic acids is 1. The summed E-state index contributed by atoms with van der Waals surface area (Å²) >= 11 is 0. The van der Waals surface area contributed by atoms with Gasteiger partial charge in [-0.1, -0.05) is 33.1 Å². The molecule has 0 saturated carbocycles. The van der Waals surface area contributed by atoms with Crippen molar-refractivity contribution in [3.8, 4) is 0 Å². The minimum absolute atomic E-state index is 0.972. The van der Waals surface area contributed by atoms with Gasteiger partial charge in [-0.05, 0) is 26.2 Å². The highest BCUT2D eigenvalue weighted by Crippen LogP contribution is 2.21. The first-order valence-corrected chi connectivity index (χ1v) is 8.09. The number of hydrogen-bond acceptors (Lipinski definition) is 2. The highest BCUT2D eigenvalue weighted by atomic mass is 16.4. The number of carbonyl (C=O) groups excluding carboxylic acids is 1. The lowest BCUT2D eigenvalue weighted by Gasteiger charge is -2.34. The SMILES string of the molecule is CC(=O)[O-].CCCCCCC[N+]1(CCC)CCCC1. The lowest BCUT2D eigenvalue weighted by atomic mass is 10.1. The number of nitrogens with zero attached hydrogens (tertiary/aromatic N) is 1. The molecule has 0 spiro atoms. The van der Waals surface area contributed by atoms with Crippen LogP contribution in [0.3, 0.4) is 0 Å². The second-order valence-corrected chi connectivity index (χ2v) is 5.85. The number of quaternary nitrogens is 1. The Labute approximate surface area is 119 Å². The summed E-state index contributed by atoms with van der Waals surface area (Å²) < 4.78 is 1.46. The summed E-state index contributed by atoms with van der Waals surface area (Å²) in [5.74, 6) is -1.08. The van der Waals surface area contributed by atoms with Crippen LogP contribution in [0.2, 0.25) is 0 Å². The number of carboxylic acids is 1. The standard InChI is InChI=1S/C14H30N.C2H4O2/c1-3-5-6-7-8-12-15(11-4-2)13-9-10-14-15;1-2(3)4/h3-14H2,1-2H3;1H3,(H,3,4)/q+1;/p-1. The van der Waals surface area contributed by atoms with E-state index in [2.05, 4.69) is 13.8 Å². The van der Waals surface area contributed by atoms with Gasteiger partial charge in [0.2, 0.25) is 0 Å². The molecule has 1 rings (SSSR count). The zero-order valence-corrected chi connectivity index (χ0v) is 13.2. The highest BCUT2D eigenvalue weighted by Gasteiger charge is 2.29. The van der Waals surface area contributed by atoms with Gasteiger partial charge in [-0.2, -0.15) is 0 Å². The molecule has 0 aliphatic carbocycles. The molecule has 0 aromatic carbocycles. The number of likely N-dealkylation sites (tertiary alicyclic amines) is 1. The summed E-state index contributed by atoms with van der Waals surface area (Å²) in [5, 5.41) is 8.89. The van der Waals surface area contributed by atoms with Gasteiger partial charge in [-0.3, -0.25) is 0 Å². The minimum Gasteiger partial charge on any atom is -0.550 e. The van der Waals surface area contributed by atoms with E-state index in [9.17, 15) is 0 Å². The summed E-state index contributed by atoms with van der Waals surface area (Å²) in [5.41, 5.74) is 0. The Morgan fingerprint density at radius 3 is 1.95 bits per heavy atom. The van der Waals surface area contributed by atoms with Crippen LogP contribution in [0.4, 0.5) is 0 Å². The maximum atomic E-state index is 8.89. The maximum Gasteiger partial charge on any atom is 0.0788 e. The molecular weight excluding hydrogens is 238 g/mol. The Bertz CT molecular complexity index is 219. The second kappa shape index (κ2) is 11.3. The zero-order chi connectivity index (χ0) is 14.6. The molecule has 1 heterocycles. The van der Waals surface area contributed by atoms with Crippen LogP contribution in [0.1, 0.15) is 72.1 Å². The lowest BCUT2D eigenvalue weighted by Crippen LogP contribution is -2.46. The van der Waals surface area contributed by atoms with Crippen LogP contribution < -0.4 is 5.11 Å². The molecule has 0 N–H and O–H groups in total. The molecule has 1 fully saturated rings. The molecule has 0 radical (unpaired) electrons. The van der Waals surface area contributed by atoms with Gasteiger partial charge in [0.25, 0.3) is 0 Å². The molecule has 0 aromatic heterocycles. The summed E-state index contributed by atoms with van der Waals surface area (Å²) in [6.45, 7) is 11.5. The Morgan fingerprint density at radius 2 is 1.47 bits per heavy atom. The fourth-order valence-corrected chi connectivity index (χ4v) is 3.09. The molecule has 1 saturated heterocycles. The summed E-state index contributed by atoms with van der Waals surface area (Å²) in [4.78, 5) is 8.89. The quantitative estimate of drug-likeness (QED) is 0.503. The van der Waals surface area contributed by atoms with Crippen molar-refractivity contribution >= 4 is 5.97 Å². The average Bonchev–Trinajstić information content (AvgIpc) is 2.78. The first-order valence-electron chi connectivity index (χ1n) is 8.09. The van der Waals surface area contributed by atoms with Crippen molar-refractivity contribution in [1.29, 1.82) is 0 Å². The van der Waals surface area contributed by atoms with Crippen LogP contribution in [-0.4, -0.2) is 36.6 Å². The summed E-state index contributed by atoms with van der Waals surface area (Å²) in [6.07, 6.45) is 11.5. The van der Waals surface area contributed by atoms with Crippen LogP contribution in [0.15, 0.2) is 0 Å². The molecular formula is C16H33NO2. The Morgan fingerprint density at radius 1 is 0.947 bits per heavy atom. The molecule has 3 heteroatoms. The van der Waals surface area contributed by atoms with Crippen molar-refractivity contribution in [3.05, 3.63) is 0 Å². The van der Waals surface area contributed by atoms with E-state index in [1.807, 2.05) is 0 Å². The third-order valence-electron chi connectivity index (χ3n) is 3.95. The Hall–Kier alpha value is -0.570. The smallest absolute Gasteiger partial charge is 0.0788 e. The molecule has 0 aromatic rings. The van der Waals surface area contributed by atoms with E-state index in [0.717, 1.165) is 6.92 Å². The monoisotopic (exact) mass is 271 g/mol. The van der Waals surface area contributed by atoms with E-state index in [1.165, 1.54) is 82.0 Å². The second-order valence-electron chi connectivity index (χ2n) is 5.85. The van der Waals surface area contributed by atoms with Crippen LogP contribution in [-0.2, 0) is 4.79 Å². The van der Waals surface area contributed by atoms with E-state index in [0.29, 0.717) is 0 Å². The van der Waals surface area contributed by atoms with Crippen molar-refractivity contribution in [2.75, 3.05) is 26.2 Å². The van der Waals surface area contributed by atoms with Gasteiger partial charge in [0.05, 0.1) is 26.2 Å². The normalized spacial score (nSPS) is 16.8.